The van der Waals surface area contributed by atoms with Gasteiger partial charge in [-0.2, -0.15) is 0 Å². The lowest BCUT2D eigenvalue weighted by Crippen LogP contribution is -2.29. The number of amides is 1. The van der Waals surface area contributed by atoms with Crippen LogP contribution in [0.4, 0.5) is 0 Å². The van der Waals surface area contributed by atoms with Crippen LogP contribution in [-0.2, 0) is 26.1 Å². The van der Waals surface area contributed by atoms with Crippen molar-refractivity contribution in [1.29, 1.82) is 0 Å². The van der Waals surface area contributed by atoms with Crippen LogP contribution in [0.3, 0.4) is 0 Å². The second kappa shape index (κ2) is 8.65. The highest BCUT2D eigenvalue weighted by atomic mass is 16.1. The van der Waals surface area contributed by atoms with E-state index in [-0.39, 0.29) is 5.91 Å². The van der Waals surface area contributed by atoms with E-state index in [1.165, 1.54) is 50.8 Å². The number of fused-ring (bicyclic) bond motifs is 1. The molecule has 0 unspecified atom stereocenters. The molecule has 1 amide bonds. The van der Waals surface area contributed by atoms with Gasteiger partial charge in [0.1, 0.15) is 5.82 Å². The summed E-state index contributed by atoms with van der Waals surface area (Å²) in [5, 5.41) is 11.6. The maximum atomic E-state index is 12.5. The van der Waals surface area contributed by atoms with Crippen LogP contribution in [0.2, 0.25) is 0 Å². The molecule has 27 heavy (non-hydrogen) atoms. The fourth-order valence-electron chi connectivity index (χ4n) is 4.07. The van der Waals surface area contributed by atoms with Gasteiger partial charge in [-0.05, 0) is 56.5 Å². The molecule has 0 bridgehead atoms. The molecule has 1 saturated heterocycles. The number of carbonyl (C=O) groups excluding carboxylic acids is 1. The van der Waals surface area contributed by atoms with Crippen LogP contribution < -0.4 is 5.32 Å². The summed E-state index contributed by atoms with van der Waals surface area (Å²) >= 11 is 0. The second-order valence-corrected chi connectivity index (χ2v) is 7.71. The number of hydrogen-bond donors (Lipinski definition) is 1. The number of nitrogens with zero attached hydrogens (tertiary/aromatic N) is 4. The van der Waals surface area contributed by atoms with Gasteiger partial charge in [0.2, 0.25) is 0 Å². The molecule has 4 rings (SSSR count). The number of benzene rings is 1. The molecule has 0 atom stereocenters. The number of carbonyl (C=O) groups is 1. The molecule has 6 heteroatoms. The molecule has 1 aromatic carbocycles. The van der Waals surface area contributed by atoms with Crippen LogP contribution in [0, 0.1) is 0 Å². The van der Waals surface area contributed by atoms with Crippen molar-refractivity contribution >= 4 is 5.91 Å². The smallest absolute Gasteiger partial charge is 0.251 e. The molecule has 1 aromatic heterocycles. The molecule has 6 nitrogen and oxygen atoms in total. The third-order valence-electron chi connectivity index (χ3n) is 5.66. The van der Waals surface area contributed by atoms with Crippen molar-refractivity contribution in [2.24, 2.45) is 0 Å². The highest BCUT2D eigenvalue weighted by Crippen LogP contribution is 2.15. The molecule has 1 N–H and O–H groups in total. The first-order valence-corrected chi connectivity index (χ1v) is 10.3. The lowest BCUT2D eigenvalue weighted by molar-refractivity contribution is 0.0949. The molecule has 3 heterocycles. The first-order chi connectivity index (χ1) is 13.3. The summed E-state index contributed by atoms with van der Waals surface area (Å²) in [6.45, 7) is 4.74. The number of likely N-dealkylation sites (tertiary alicyclic amines) is 1. The van der Waals surface area contributed by atoms with Crippen molar-refractivity contribution in [3.63, 3.8) is 0 Å². The average molecular weight is 367 g/mol. The van der Waals surface area contributed by atoms with Crippen LogP contribution >= 0.6 is 0 Å². The summed E-state index contributed by atoms with van der Waals surface area (Å²) in [7, 11) is 0. The van der Waals surface area contributed by atoms with E-state index >= 15 is 0 Å². The van der Waals surface area contributed by atoms with E-state index in [1.54, 1.807) is 0 Å². The summed E-state index contributed by atoms with van der Waals surface area (Å²) in [5.74, 6) is 1.87. The van der Waals surface area contributed by atoms with Crippen LogP contribution in [0.25, 0.3) is 0 Å². The van der Waals surface area contributed by atoms with Crippen LogP contribution in [-0.4, -0.2) is 38.7 Å². The maximum Gasteiger partial charge on any atom is 0.251 e. The predicted molar refractivity (Wildman–Crippen MR) is 104 cm³/mol. The normalized spacial score (nSPS) is 17.9. The number of hydrogen-bond acceptors (Lipinski definition) is 4. The van der Waals surface area contributed by atoms with Crippen molar-refractivity contribution in [2.75, 3.05) is 13.1 Å². The molecule has 0 radical (unpaired) electrons. The minimum atomic E-state index is -0.0505. The molecule has 144 valence electrons. The summed E-state index contributed by atoms with van der Waals surface area (Å²) in [6, 6.07) is 8.01. The Labute approximate surface area is 161 Å². The summed E-state index contributed by atoms with van der Waals surface area (Å²) in [4.78, 5) is 15.0. The van der Waals surface area contributed by atoms with E-state index < -0.39 is 0 Å². The monoisotopic (exact) mass is 367 g/mol. The lowest BCUT2D eigenvalue weighted by Gasteiger charge is -2.26. The van der Waals surface area contributed by atoms with Crippen molar-refractivity contribution in [3.8, 4) is 0 Å². The Balaban J connectivity index is 1.32. The quantitative estimate of drug-likeness (QED) is 0.883. The Bertz CT molecular complexity index is 761. The number of aryl methyl sites for hydroxylation is 1. The van der Waals surface area contributed by atoms with Gasteiger partial charge in [0.15, 0.2) is 5.82 Å². The Morgan fingerprint density at radius 1 is 0.926 bits per heavy atom. The zero-order valence-corrected chi connectivity index (χ0v) is 16.0. The van der Waals surface area contributed by atoms with Gasteiger partial charge in [0, 0.05) is 25.1 Å². The highest BCUT2D eigenvalue weighted by molar-refractivity contribution is 5.94. The summed E-state index contributed by atoms with van der Waals surface area (Å²) < 4.78 is 2.18. The molecule has 0 aliphatic carbocycles. The van der Waals surface area contributed by atoms with Crippen molar-refractivity contribution in [2.45, 2.75) is 64.6 Å². The number of rotatable bonds is 5. The van der Waals surface area contributed by atoms with Gasteiger partial charge >= 0.3 is 0 Å². The minimum Gasteiger partial charge on any atom is -0.345 e. The van der Waals surface area contributed by atoms with Crippen LogP contribution in [0.5, 0.6) is 0 Å². The minimum absolute atomic E-state index is 0.0505. The Kier molecular flexibility index (Phi) is 5.82. The van der Waals surface area contributed by atoms with Gasteiger partial charge in [-0.3, -0.25) is 9.69 Å². The molecule has 2 aliphatic heterocycles. The zero-order valence-electron chi connectivity index (χ0n) is 16.0. The van der Waals surface area contributed by atoms with E-state index in [0.717, 1.165) is 37.6 Å². The molecule has 1 fully saturated rings. The van der Waals surface area contributed by atoms with Crippen molar-refractivity contribution < 1.29 is 4.79 Å². The second-order valence-electron chi connectivity index (χ2n) is 7.71. The number of piperidine rings is 1. The van der Waals surface area contributed by atoms with Crippen molar-refractivity contribution in [1.82, 2.24) is 25.0 Å². The molecule has 0 spiro atoms. The molecule has 2 aliphatic rings. The van der Waals surface area contributed by atoms with Gasteiger partial charge in [0.05, 0.1) is 6.54 Å². The fourth-order valence-corrected chi connectivity index (χ4v) is 4.07. The Hall–Kier alpha value is -2.21. The van der Waals surface area contributed by atoms with Gasteiger partial charge in [-0.15, -0.1) is 10.2 Å². The van der Waals surface area contributed by atoms with Gasteiger partial charge in [-0.25, -0.2) is 0 Å². The molecular weight excluding hydrogens is 338 g/mol. The number of nitrogens with one attached hydrogen (secondary N) is 1. The maximum absolute atomic E-state index is 12.5. The highest BCUT2D eigenvalue weighted by Gasteiger charge is 2.16. The van der Waals surface area contributed by atoms with E-state index in [1.807, 2.05) is 12.1 Å². The van der Waals surface area contributed by atoms with Gasteiger partial charge < -0.3 is 9.88 Å². The molecular formula is C21H29N5O. The molecule has 2 aromatic rings. The average Bonchev–Trinajstić information content (AvgIpc) is 2.93. The van der Waals surface area contributed by atoms with Crippen molar-refractivity contribution in [3.05, 3.63) is 47.0 Å². The van der Waals surface area contributed by atoms with Crippen LogP contribution in [0.1, 0.15) is 66.1 Å². The number of aromatic nitrogens is 3. The Morgan fingerprint density at radius 2 is 1.67 bits per heavy atom. The van der Waals surface area contributed by atoms with E-state index in [2.05, 4.69) is 37.1 Å². The van der Waals surface area contributed by atoms with Gasteiger partial charge in [0.25, 0.3) is 5.91 Å². The predicted octanol–water partition coefficient (Wildman–Crippen LogP) is 2.92. The fraction of sp³-hybridized carbons (Fsp3) is 0.571. The van der Waals surface area contributed by atoms with E-state index in [4.69, 9.17) is 0 Å². The molecule has 0 saturated carbocycles. The van der Waals surface area contributed by atoms with Crippen LogP contribution in [0.15, 0.2) is 24.3 Å². The van der Waals surface area contributed by atoms with E-state index in [0.29, 0.717) is 12.1 Å². The lowest BCUT2D eigenvalue weighted by atomic mass is 10.1. The third-order valence-corrected chi connectivity index (χ3v) is 5.66. The standard InChI is InChI=1S/C21H29N5O/c27-21(22-15-20-24-23-19-7-3-1-6-14-26(19)20)18-10-8-17(9-11-18)16-25-12-4-2-5-13-25/h8-11H,1-7,12-16H2,(H,22,27). The van der Waals surface area contributed by atoms with Gasteiger partial charge in [-0.1, -0.05) is 25.0 Å². The summed E-state index contributed by atoms with van der Waals surface area (Å²) in [5.41, 5.74) is 1.98. The largest absolute Gasteiger partial charge is 0.345 e. The zero-order chi connectivity index (χ0) is 18.5. The first kappa shape index (κ1) is 18.2. The topological polar surface area (TPSA) is 63.1 Å². The SMILES string of the molecule is O=C(NCc1nnc2n1CCCCC2)c1ccc(CN2CCCCC2)cc1. The Morgan fingerprint density at radius 3 is 2.48 bits per heavy atom. The van der Waals surface area contributed by atoms with E-state index in [9.17, 15) is 4.79 Å². The first-order valence-electron chi connectivity index (χ1n) is 10.3. The summed E-state index contributed by atoms with van der Waals surface area (Å²) in [6.07, 6.45) is 8.50. The third kappa shape index (κ3) is 4.56.